The standard InChI is InChI=1S/C26H35N3O4/c30-23(21-3-5-27(6-4-21)24(31)22-2-1-11-33-22)28-7-9-29(10-8-28)25(32)26-15-18-12-19(16-26)14-20(13-18)17-26/h1-2,11,18-21H,3-10,12-17H2. The van der Waals surface area contributed by atoms with Gasteiger partial charge in [-0.05, 0) is 81.3 Å². The molecule has 3 heterocycles. The number of furan rings is 1. The molecule has 0 spiro atoms. The van der Waals surface area contributed by atoms with Crippen LogP contribution in [-0.4, -0.2) is 71.7 Å². The van der Waals surface area contributed by atoms with Crippen molar-refractivity contribution in [2.24, 2.45) is 29.1 Å². The van der Waals surface area contributed by atoms with Crippen LogP contribution in [0.1, 0.15) is 61.9 Å². The Balaban J connectivity index is 1.01. The molecule has 7 nitrogen and oxygen atoms in total. The molecule has 4 aliphatic carbocycles. The third-order valence-electron chi connectivity index (χ3n) is 9.23. The molecule has 7 heteroatoms. The highest BCUT2D eigenvalue weighted by Crippen LogP contribution is 2.60. The van der Waals surface area contributed by atoms with E-state index in [1.807, 2.05) is 4.90 Å². The zero-order valence-corrected chi connectivity index (χ0v) is 19.4. The molecular weight excluding hydrogens is 418 g/mol. The highest BCUT2D eigenvalue weighted by Gasteiger charge is 2.55. The van der Waals surface area contributed by atoms with Gasteiger partial charge in [0.05, 0.1) is 11.7 Å². The van der Waals surface area contributed by atoms with Crippen LogP contribution >= 0.6 is 0 Å². The van der Waals surface area contributed by atoms with Gasteiger partial charge in [-0.25, -0.2) is 0 Å². The lowest BCUT2D eigenvalue weighted by Gasteiger charge is -2.57. The van der Waals surface area contributed by atoms with Crippen molar-refractivity contribution in [3.63, 3.8) is 0 Å². The minimum atomic E-state index is -0.0947. The number of nitrogens with zero attached hydrogens (tertiary/aromatic N) is 3. The highest BCUT2D eigenvalue weighted by atomic mass is 16.3. The Kier molecular flexibility index (Phi) is 5.26. The van der Waals surface area contributed by atoms with Crippen molar-refractivity contribution in [1.29, 1.82) is 0 Å². The van der Waals surface area contributed by atoms with E-state index in [9.17, 15) is 14.4 Å². The van der Waals surface area contributed by atoms with E-state index in [0.717, 1.165) is 37.0 Å². The molecule has 0 radical (unpaired) electrons. The van der Waals surface area contributed by atoms with Gasteiger partial charge in [-0.1, -0.05) is 0 Å². The maximum absolute atomic E-state index is 13.6. The first-order valence-corrected chi connectivity index (χ1v) is 12.9. The predicted octanol–water partition coefficient (Wildman–Crippen LogP) is 3.02. The van der Waals surface area contributed by atoms with Crippen molar-refractivity contribution in [2.75, 3.05) is 39.3 Å². The van der Waals surface area contributed by atoms with Gasteiger partial charge < -0.3 is 19.1 Å². The van der Waals surface area contributed by atoms with Gasteiger partial charge in [0.2, 0.25) is 11.8 Å². The maximum Gasteiger partial charge on any atom is 0.289 e. The number of amides is 3. The Morgan fingerprint density at radius 2 is 1.36 bits per heavy atom. The molecule has 2 saturated heterocycles. The monoisotopic (exact) mass is 453 g/mol. The maximum atomic E-state index is 13.6. The van der Waals surface area contributed by atoms with Crippen molar-refractivity contribution in [1.82, 2.24) is 14.7 Å². The summed E-state index contributed by atoms with van der Waals surface area (Å²) in [6.45, 7) is 3.79. The summed E-state index contributed by atoms with van der Waals surface area (Å²) < 4.78 is 5.23. The second-order valence-electron chi connectivity index (χ2n) is 11.4. The first-order chi connectivity index (χ1) is 16.0. The highest BCUT2D eigenvalue weighted by molar-refractivity contribution is 5.91. The van der Waals surface area contributed by atoms with Gasteiger partial charge in [0.1, 0.15) is 0 Å². The number of piperidine rings is 1. The van der Waals surface area contributed by atoms with Crippen molar-refractivity contribution >= 4 is 17.7 Å². The summed E-state index contributed by atoms with van der Waals surface area (Å²) >= 11 is 0. The van der Waals surface area contributed by atoms with Gasteiger partial charge in [-0.3, -0.25) is 14.4 Å². The van der Waals surface area contributed by atoms with E-state index in [2.05, 4.69) is 4.90 Å². The van der Waals surface area contributed by atoms with Gasteiger partial charge in [0.15, 0.2) is 5.76 Å². The van der Waals surface area contributed by atoms with Crippen molar-refractivity contribution in [2.45, 2.75) is 51.4 Å². The summed E-state index contributed by atoms with van der Waals surface area (Å²) in [4.78, 5) is 45.0. The van der Waals surface area contributed by atoms with Crippen LogP contribution in [0.5, 0.6) is 0 Å². The number of hydrogen-bond acceptors (Lipinski definition) is 4. The molecule has 4 bridgehead atoms. The summed E-state index contributed by atoms with van der Waals surface area (Å²) in [6.07, 6.45) is 10.2. The molecule has 2 aliphatic heterocycles. The molecule has 4 saturated carbocycles. The minimum Gasteiger partial charge on any atom is -0.459 e. The van der Waals surface area contributed by atoms with Crippen LogP contribution in [0.25, 0.3) is 0 Å². The van der Waals surface area contributed by atoms with Crippen LogP contribution in [0.2, 0.25) is 0 Å². The van der Waals surface area contributed by atoms with Gasteiger partial charge in [-0.15, -0.1) is 0 Å². The molecule has 1 aromatic rings. The van der Waals surface area contributed by atoms with E-state index >= 15 is 0 Å². The van der Waals surface area contributed by atoms with Crippen molar-refractivity contribution in [3.8, 4) is 0 Å². The van der Waals surface area contributed by atoms with Crippen molar-refractivity contribution in [3.05, 3.63) is 24.2 Å². The summed E-state index contributed by atoms with van der Waals surface area (Å²) in [6, 6.07) is 3.40. The molecule has 0 aromatic carbocycles. The number of hydrogen-bond donors (Lipinski definition) is 0. The molecule has 6 fully saturated rings. The predicted molar refractivity (Wildman–Crippen MR) is 121 cm³/mol. The zero-order valence-electron chi connectivity index (χ0n) is 19.4. The van der Waals surface area contributed by atoms with E-state index < -0.39 is 0 Å². The number of carbonyl (C=O) groups is 3. The quantitative estimate of drug-likeness (QED) is 0.705. The summed E-state index contributed by atoms with van der Waals surface area (Å²) in [7, 11) is 0. The second kappa shape index (κ2) is 8.17. The lowest BCUT2D eigenvalue weighted by molar-refractivity contribution is -0.161. The number of piperazine rings is 1. The average Bonchev–Trinajstić information content (AvgIpc) is 3.37. The van der Waals surface area contributed by atoms with Crippen molar-refractivity contribution < 1.29 is 18.8 Å². The third kappa shape index (κ3) is 3.77. The van der Waals surface area contributed by atoms with Crippen LogP contribution in [0, 0.1) is 29.1 Å². The molecule has 3 amide bonds. The topological polar surface area (TPSA) is 74.1 Å². The molecule has 0 unspecified atom stereocenters. The number of likely N-dealkylation sites (tertiary alicyclic amines) is 1. The Bertz CT molecular complexity index is 875. The van der Waals surface area contributed by atoms with E-state index in [-0.39, 0.29) is 23.1 Å². The Labute approximate surface area is 195 Å². The summed E-state index contributed by atoms with van der Waals surface area (Å²) in [5, 5.41) is 0. The fourth-order valence-corrected chi connectivity index (χ4v) is 7.98. The molecule has 0 N–H and O–H groups in total. The second-order valence-corrected chi connectivity index (χ2v) is 11.4. The molecule has 0 atom stereocenters. The fourth-order valence-electron chi connectivity index (χ4n) is 7.98. The number of rotatable bonds is 3. The third-order valence-corrected chi connectivity index (χ3v) is 9.23. The fraction of sp³-hybridized carbons (Fsp3) is 0.731. The van der Waals surface area contributed by atoms with E-state index in [1.54, 1.807) is 17.0 Å². The van der Waals surface area contributed by atoms with Gasteiger partial charge >= 0.3 is 0 Å². The molecule has 178 valence electrons. The van der Waals surface area contributed by atoms with Crippen LogP contribution in [0.15, 0.2) is 22.8 Å². The van der Waals surface area contributed by atoms with Crippen LogP contribution in [-0.2, 0) is 9.59 Å². The molecular formula is C26H35N3O4. The smallest absolute Gasteiger partial charge is 0.289 e. The number of carbonyl (C=O) groups excluding carboxylic acids is 3. The average molecular weight is 454 g/mol. The van der Waals surface area contributed by atoms with E-state index in [0.29, 0.717) is 63.8 Å². The van der Waals surface area contributed by atoms with Crippen LogP contribution < -0.4 is 0 Å². The Morgan fingerprint density at radius 3 is 1.91 bits per heavy atom. The summed E-state index contributed by atoms with van der Waals surface area (Å²) in [5.74, 6) is 3.13. The van der Waals surface area contributed by atoms with Gasteiger partial charge in [0, 0.05) is 45.2 Å². The van der Waals surface area contributed by atoms with Crippen LogP contribution in [0.3, 0.4) is 0 Å². The first-order valence-electron chi connectivity index (χ1n) is 12.9. The Morgan fingerprint density at radius 1 is 0.788 bits per heavy atom. The molecule has 1 aromatic heterocycles. The van der Waals surface area contributed by atoms with Gasteiger partial charge in [-0.2, -0.15) is 0 Å². The lowest BCUT2D eigenvalue weighted by atomic mass is 9.49. The zero-order chi connectivity index (χ0) is 22.6. The minimum absolute atomic E-state index is 0.0314. The van der Waals surface area contributed by atoms with E-state index in [4.69, 9.17) is 4.42 Å². The van der Waals surface area contributed by atoms with E-state index in [1.165, 1.54) is 25.5 Å². The first kappa shape index (κ1) is 21.2. The molecule has 33 heavy (non-hydrogen) atoms. The Hall–Kier alpha value is -2.31. The molecule has 6 aliphatic rings. The van der Waals surface area contributed by atoms with Crippen LogP contribution in [0.4, 0.5) is 0 Å². The normalized spacial score (nSPS) is 34.1. The SMILES string of the molecule is O=C(c1ccco1)N1CCC(C(=O)N2CCN(C(=O)C34CC5CC(CC(C5)C3)C4)CC2)CC1. The largest absolute Gasteiger partial charge is 0.459 e. The molecule has 7 rings (SSSR count). The van der Waals surface area contributed by atoms with Gasteiger partial charge in [0.25, 0.3) is 5.91 Å². The lowest BCUT2D eigenvalue weighted by Crippen LogP contribution is -2.59. The summed E-state index contributed by atoms with van der Waals surface area (Å²) in [5.41, 5.74) is -0.0890.